The first-order chi connectivity index (χ1) is 11.1. The first-order valence-electron chi connectivity index (χ1n) is 7.42. The summed E-state index contributed by atoms with van der Waals surface area (Å²) in [7, 11) is 1.66. The van der Waals surface area contributed by atoms with Gasteiger partial charge >= 0.3 is 0 Å². The Kier molecular flexibility index (Phi) is 5.80. The number of pyridine rings is 1. The van der Waals surface area contributed by atoms with Gasteiger partial charge in [-0.05, 0) is 43.2 Å². The fourth-order valence-corrected chi connectivity index (χ4v) is 2.69. The van der Waals surface area contributed by atoms with Crippen LogP contribution in [0.1, 0.15) is 16.8 Å². The van der Waals surface area contributed by atoms with Crippen molar-refractivity contribution in [3.63, 3.8) is 0 Å². The number of hydrogen-bond acceptors (Lipinski definition) is 3. The number of methoxy groups -OCH3 is 1. The predicted octanol–water partition coefficient (Wildman–Crippen LogP) is 4.40. The smallest absolute Gasteiger partial charge is 0.238 e. The average molecular weight is 351 g/mol. The summed E-state index contributed by atoms with van der Waals surface area (Å²) in [5.41, 5.74) is 4.13. The third kappa shape index (κ3) is 3.37. The summed E-state index contributed by atoms with van der Waals surface area (Å²) >= 11 is 0. The Labute approximate surface area is 146 Å². The maximum atomic E-state index is 13.0. The lowest BCUT2D eigenvalue weighted by Crippen LogP contribution is -2.05. The van der Waals surface area contributed by atoms with E-state index in [1.165, 1.54) is 17.7 Å². The van der Waals surface area contributed by atoms with Crippen molar-refractivity contribution in [2.75, 3.05) is 7.11 Å². The van der Waals surface area contributed by atoms with Gasteiger partial charge in [0.05, 0.1) is 0 Å². The van der Waals surface area contributed by atoms with Gasteiger partial charge in [-0.1, -0.05) is 12.1 Å². The molecule has 4 nitrogen and oxygen atoms in total. The van der Waals surface area contributed by atoms with Gasteiger partial charge in [-0.3, -0.25) is 0 Å². The Morgan fingerprint density at radius 3 is 2.50 bits per heavy atom. The van der Waals surface area contributed by atoms with Crippen LogP contribution in [-0.2, 0) is 18.1 Å². The van der Waals surface area contributed by atoms with E-state index in [4.69, 9.17) is 9.47 Å². The molecule has 1 aromatic carbocycles. The maximum absolute atomic E-state index is 13.0. The molecule has 0 aliphatic carbocycles. The van der Waals surface area contributed by atoms with Gasteiger partial charge in [0.15, 0.2) is 0 Å². The first-order valence-corrected chi connectivity index (χ1v) is 7.42. The van der Waals surface area contributed by atoms with E-state index in [1.54, 1.807) is 25.4 Å². The van der Waals surface area contributed by atoms with Gasteiger partial charge < -0.3 is 14.0 Å². The summed E-state index contributed by atoms with van der Waals surface area (Å²) in [6.45, 7) is 4.91. The van der Waals surface area contributed by atoms with Crippen molar-refractivity contribution in [3.05, 3.63) is 59.2 Å². The topological polar surface area (TPSA) is 36.3 Å². The molecular weight excluding hydrogens is 331 g/mol. The molecule has 0 fully saturated rings. The minimum atomic E-state index is -0.255. The Morgan fingerprint density at radius 1 is 1.12 bits per heavy atom. The zero-order chi connectivity index (χ0) is 16.4. The zero-order valence-corrected chi connectivity index (χ0v) is 14.7. The van der Waals surface area contributed by atoms with Crippen molar-refractivity contribution in [1.29, 1.82) is 0 Å². The Morgan fingerprint density at radius 2 is 1.83 bits per heavy atom. The summed E-state index contributed by atoms with van der Waals surface area (Å²) in [6, 6.07) is 8.25. The molecule has 6 heteroatoms. The highest BCUT2D eigenvalue weighted by atomic mass is 35.5. The van der Waals surface area contributed by atoms with E-state index >= 15 is 0 Å². The van der Waals surface area contributed by atoms with Crippen LogP contribution in [0, 0.1) is 19.7 Å². The Balaban J connectivity index is 0.00000208. The van der Waals surface area contributed by atoms with Crippen LogP contribution in [0.3, 0.4) is 0 Å². The Hall–Kier alpha value is -2.11. The summed E-state index contributed by atoms with van der Waals surface area (Å²) in [5.74, 6) is 0.300. The minimum Gasteiger partial charge on any atom is -0.471 e. The molecule has 0 bridgehead atoms. The van der Waals surface area contributed by atoms with Crippen LogP contribution in [0.2, 0.25) is 0 Å². The molecule has 2 heterocycles. The third-order valence-electron chi connectivity index (χ3n) is 4.06. The molecule has 0 amide bonds. The SMILES string of the molecule is COCn1c(C)c(C)c2ccnc(OCc3ccc(F)cc3)c21.Cl. The lowest BCUT2D eigenvalue weighted by molar-refractivity contribution is 0.132. The molecule has 0 saturated carbocycles. The molecule has 0 radical (unpaired) electrons. The number of halogens is 2. The lowest BCUT2D eigenvalue weighted by Gasteiger charge is -2.11. The molecule has 3 rings (SSSR count). The van der Waals surface area contributed by atoms with Gasteiger partial charge in [-0.2, -0.15) is 0 Å². The fraction of sp³-hybridized carbons (Fsp3) is 0.278. The van der Waals surface area contributed by atoms with Gasteiger partial charge in [0.25, 0.3) is 0 Å². The number of rotatable bonds is 5. The molecule has 0 aliphatic heterocycles. The van der Waals surface area contributed by atoms with E-state index in [1.807, 2.05) is 6.07 Å². The monoisotopic (exact) mass is 350 g/mol. The normalized spacial score (nSPS) is 10.7. The van der Waals surface area contributed by atoms with Crippen LogP contribution in [-0.4, -0.2) is 16.7 Å². The number of aryl methyl sites for hydroxylation is 1. The van der Waals surface area contributed by atoms with Crippen LogP contribution in [0.5, 0.6) is 5.88 Å². The molecule has 0 unspecified atom stereocenters. The molecular formula is C18H20ClFN2O2. The molecule has 0 N–H and O–H groups in total. The number of aromatic nitrogens is 2. The molecule has 2 aromatic heterocycles. The molecule has 3 aromatic rings. The van der Waals surface area contributed by atoms with E-state index < -0.39 is 0 Å². The lowest BCUT2D eigenvalue weighted by atomic mass is 10.2. The van der Waals surface area contributed by atoms with Crippen molar-refractivity contribution >= 4 is 23.3 Å². The first kappa shape index (κ1) is 18.2. The van der Waals surface area contributed by atoms with E-state index in [0.29, 0.717) is 19.2 Å². The summed E-state index contributed by atoms with van der Waals surface area (Å²) < 4.78 is 26.2. The van der Waals surface area contributed by atoms with Gasteiger partial charge in [-0.15, -0.1) is 12.4 Å². The van der Waals surface area contributed by atoms with E-state index in [2.05, 4.69) is 23.4 Å². The summed E-state index contributed by atoms with van der Waals surface area (Å²) in [5, 5.41) is 1.10. The predicted molar refractivity (Wildman–Crippen MR) is 94.2 cm³/mol. The molecule has 0 aliphatic rings. The fourth-order valence-electron chi connectivity index (χ4n) is 2.69. The average Bonchev–Trinajstić information content (AvgIpc) is 2.80. The second-order valence-electron chi connectivity index (χ2n) is 5.48. The zero-order valence-electron chi connectivity index (χ0n) is 13.9. The highest BCUT2D eigenvalue weighted by Crippen LogP contribution is 2.31. The highest BCUT2D eigenvalue weighted by Gasteiger charge is 2.16. The second kappa shape index (κ2) is 7.64. The van der Waals surface area contributed by atoms with Crippen LogP contribution >= 0.6 is 12.4 Å². The van der Waals surface area contributed by atoms with Crippen LogP contribution < -0.4 is 4.74 Å². The molecule has 0 saturated heterocycles. The van der Waals surface area contributed by atoms with Gasteiger partial charge in [0, 0.05) is 24.4 Å². The van der Waals surface area contributed by atoms with Crippen molar-refractivity contribution in [2.45, 2.75) is 27.2 Å². The number of benzene rings is 1. The van der Waals surface area contributed by atoms with E-state index in [-0.39, 0.29) is 18.2 Å². The number of ether oxygens (including phenoxy) is 2. The number of nitrogens with zero attached hydrogens (tertiary/aromatic N) is 2. The van der Waals surface area contributed by atoms with Gasteiger partial charge in [0.2, 0.25) is 5.88 Å². The molecule has 0 spiro atoms. The summed E-state index contributed by atoms with van der Waals surface area (Å²) in [6.07, 6.45) is 1.74. The second-order valence-corrected chi connectivity index (χ2v) is 5.48. The Bertz CT molecular complexity index is 831. The van der Waals surface area contributed by atoms with Gasteiger partial charge in [-0.25, -0.2) is 9.37 Å². The van der Waals surface area contributed by atoms with Crippen molar-refractivity contribution in [3.8, 4) is 5.88 Å². The van der Waals surface area contributed by atoms with E-state index in [0.717, 1.165) is 22.2 Å². The van der Waals surface area contributed by atoms with Crippen molar-refractivity contribution in [2.24, 2.45) is 0 Å². The highest BCUT2D eigenvalue weighted by molar-refractivity contribution is 5.88. The number of hydrogen-bond donors (Lipinski definition) is 0. The minimum absolute atomic E-state index is 0. The molecule has 24 heavy (non-hydrogen) atoms. The van der Waals surface area contributed by atoms with Crippen LogP contribution in [0.4, 0.5) is 4.39 Å². The quantitative estimate of drug-likeness (QED) is 0.684. The van der Waals surface area contributed by atoms with Crippen LogP contribution in [0.25, 0.3) is 10.9 Å². The largest absolute Gasteiger partial charge is 0.471 e. The maximum Gasteiger partial charge on any atom is 0.238 e. The summed E-state index contributed by atoms with van der Waals surface area (Å²) in [4.78, 5) is 4.36. The van der Waals surface area contributed by atoms with Crippen molar-refractivity contribution < 1.29 is 13.9 Å². The molecule has 128 valence electrons. The van der Waals surface area contributed by atoms with Crippen LogP contribution in [0.15, 0.2) is 36.5 Å². The number of fused-ring (bicyclic) bond motifs is 1. The molecule has 0 atom stereocenters. The third-order valence-corrected chi connectivity index (χ3v) is 4.06. The van der Waals surface area contributed by atoms with E-state index in [9.17, 15) is 4.39 Å². The van der Waals surface area contributed by atoms with Gasteiger partial charge in [0.1, 0.15) is 24.7 Å². The standard InChI is InChI=1S/C18H19FN2O2.ClH/c1-12-13(2)21(11-22-3)17-16(12)8-9-20-18(17)23-10-14-4-6-15(19)7-5-14;/h4-9H,10-11H2,1-3H3;1H. The van der Waals surface area contributed by atoms with Crippen molar-refractivity contribution in [1.82, 2.24) is 9.55 Å².